The summed E-state index contributed by atoms with van der Waals surface area (Å²) in [7, 11) is 0. The molecule has 0 amide bonds. The van der Waals surface area contributed by atoms with Crippen LogP contribution in [0, 0.1) is 13.8 Å². The van der Waals surface area contributed by atoms with Crippen molar-refractivity contribution >= 4 is 32.3 Å². The van der Waals surface area contributed by atoms with Crippen LogP contribution in [0.3, 0.4) is 0 Å². The first kappa shape index (κ1) is 26.1. The third-order valence-electron chi connectivity index (χ3n) is 8.80. The van der Waals surface area contributed by atoms with Gasteiger partial charge in [0.2, 0.25) is 0 Å². The van der Waals surface area contributed by atoms with Crippen LogP contribution >= 0.6 is 0 Å². The Morgan fingerprint density at radius 1 is 0.409 bits per heavy atom. The second-order valence-corrected chi connectivity index (χ2v) is 11.5. The Kier molecular flexibility index (Phi) is 6.27. The Hall–Kier alpha value is -5.60. The second kappa shape index (κ2) is 10.6. The van der Waals surface area contributed by atoms with Crippen LogP contribution in [0.15, 0.2) is 146 Å². The average molecular weight is 563 g/mol. The number of fused-ring (bicyclic) bond motifs is 3. The van der Waals surface area contributed by atoms with Gasteiger partial charge in [0.1, 0.15) is 0 Å². The van der Waals surface area contributed by atoms with E-state index >= 15 is 0 Å². The molecule has 8 rings (SSSR count). The number of aromatic nitrogens is 2. The first-order valence-electron chi connectivity index (χ1n) is 15.1. The van der Waals surface area contributed by atoms with Crippen molar-refractivity contribution in [3.8, 4) is 44.5 Å². The molecule has 0 radical (unpaired) electrons. The van der Waals surface area contributed by atoms with Gasteiger partial charge in [-0.05, 0) is 97.2 Å². The van der Waals surface area contributed by atoms with Gasteiger partial charge in [-0.2, -0.15) is 0 Å². The molecule has 2 heteroatoms. The largest absolute Gasteiger partial charge is 0.264 e. The fraction of sp³-hybridized carbons (Fsp3) is 0.0476. The van der Waals surface area contributed by atoms with Crippen LogP contribution in [0.2, 0.25) is 0 Å². The first-order chi connectivity index (χ1) is 21.7. The molecule has 2 aromatic heterocycles. The molecule has 0 fully saturated rings. The van der Waals surface area contributed by atoms with Crippen molar-refractivity contribution in [1.29, 1.82) is 0 Å². The number of hydrogen-bond donors (Lipinski definition) is 0. The maximum atomic E-state index is 4.50. The minimum atomic E-state index is 1.04. The Balaban J connectivity index is 1.39. The van der Waals surface area contributed by atoms with E-state index in [1.807, 2.05) is 24.7 Å². The predicted octanol–water partition coefficient (Wildman–Crippen LogP) is 11.2. The van der Waals surface area contributed by atoms with Gasteiger partial charge in [-0.3, -0.25) is 9.97 Å². The first-order valence-corrected chi connectivity index (χ1v) is 15.1. The van der Waals surface area contributed by atoms with E-state index in [0.717, 1.165) is 16.8 Å². The minimum absolute atomic E-state index is 1.04. The highest BCUT2D eigenvalue weighted by atomic mass is 14.7. The number of benzene rings is 6. The highest BCUT2D eigenvalue weighted by molar-refractivity contribution is 6.24. The summed E-state index contributed by atoms with van der Waals surface area (Å²) < 4.78 is 0. The summed E-state index contributed by atoms with van der Waals surface area (Å²) in [5.41, 5.74) is 11.9. The molecular weight excluding hydrogens is 532 g/mol. The quantitative estimate of drug-likeness (QED) is 0.199. The predicted molar refractivity (Wildman–Crippen MR) is 186 cm³/mol. The average Bonchev–Trinajstić information content (AvgIpc) is 3.07. The van der Waals surface area contributed by atoms with Gasteiger partial charge in [-0.25, -0.2) is 0 Å². The summed E-state index contributed by atoms with van der Waals surface area (Å²) >= 11 is 0. The van der Waals surface area contributed by atoms with Crippen molar-refractivity contribution in [3.63, 3.8) is 0 Å². The molecule has 2 heterocycles. The molecule has 2 nitrogen and oxygen atoms in total. The SMILES string of the molecule is Cc1cncc(-c2ccc(-c3c4ccccc4c(-c4ccc(-c5cccnc5C)cc4)c4ccccc34)c3ccccc23)c1. The lowest BCUT2D eigenvalue weighted by atomic mass is 9.83. The highest BCUT2D eigenvalue weighted by Gasteiger charge is 2.19. The lowest BCUT2D eigenvalue weighted by Crippen LogP contribution is -1.93. The zero-order valence-electron chi connectivity index (χ0n) is 24.8. The molecule has 6 aromatic carbocycles. The molecule has 0 saturated carbocycles. The molecule has 0 bridgehead atoms. The van der Waals surface area contributed by atoms with Gasteiger partial charge in [-0.15, -0.1) is 0 Å². The molecule has 0 aliphatic carbocycles. The smallest absolute Gasteiger partial charge is 0.0450 e. The molecule has 0 unspecified atom stereocenters. The van der Waals surface area contributed by atoms with Crippen molar-refractivity contribution in [2.24, 2.45) is 0 Å². The topological polar surface area (TPSA) is 25.8 Å². The van der Waals surface area contributed by atoms with Crippen LogP contribution in [0.4, 0.5) is 0 Å². The maximum absolute atomic E-state index is 4.50. The van der Waals surface area contributed by atoms with E-state index in [-0.39, 0.29) is 0 Å². The molecule has 0 aliphatic heterocycles. The van der Waals surface area contributed by atoms with Crippen molar-refractivity contribution < 1.29 is 0 Å². The van der Waals surface area contributed by atoms with Gasteiger partial charge in [0.15, 0.2) is 0 Å². The summed E-state index contributed by atoms with van der Waals surface area (Å²) in [6.45, 7) is 4.16. The third kappa shape index (κ3) is 4.27. The van der Waals surface area contributed by atoms with Crippen LogP contribution in [-0.2, 0) is 0 Å². The van der Waals surface area contributed by atoms with Crippen molar-refractivity contribution in [1.82, 2.24) is 9.97 Å². The Bertz CT molecular complexity index is 2290. The molecule has 0 aliphatic rings. The summed E-state index contributed by atoms with van der Waals surface area (Å²) in [5.74, 6) is 0. The number of pyridine rings is 2. The summed E-state index contributed by atoms with van der Waals surface area (Å²) in [4.78, 5) is 8.99. The van der Waals surface area contributed by atoms with E-state index in [1.165, 1.54) is 71.3 Å². The second-order valence-electron chi connectivity index (χ2n) is 11.5. The van der Waals surface area contributed by atoms with Gasteiger partial charge in [0, 0.05) is 35.4 Å². The monoisotopic (exact) mass is 562 g/mol. The van der Waals surface area contributed by atoms with E-state index < -0.39 is 0 Å². The highest BCUT2D eigenvalue weighted by Crippen LogP contribution is 2.46. The minimum Gasteiger partial charge on any atom is -0.264 e. The van der Waals surface area contributed by atoms with Crippen LogP contribution in [0.25, 0.3) is 76.8 Å². The summed E-state index contributed by atoms with van der Waals surface area (Å²) in [5, 5.41) is 7.48. The molecule has 8 aromatic rings. The lowest BCUT2D eigenvalue weighted by molar-refractivity contribution is 1.20. The van der Waals surface area contributed by atoms with Gasteiger partial charge in [0.25, 0.3) is 0 Å². The fourth-order valence-electron chi connectivity index (χ4n) is 6.81. The number of rotatable bonds is 4. The molecule has 0 saturated heterocycles. The van der Waals surface area contributed by atoms with Crippen molar-refractivity contribution in [2.75, 3.05) is 0 Å². The number of aryl methyl sites for hydroxylation is 2. The van der Waals surface area contributed by atoms with E-state index in [1.54, 1.807) is 0 Å². The normalized spacial score (nSPS) is 11.4. The summed E-state index contributed by atoms with van der Waals surface area (Å²) in [6, 6.07) is 46.4. The van der Waals surface area contributed by atoms with Gasteiger partial charge >= 0.3 is 0 Å². The van der Waals surface area contributed by atoms with Crippen molar-refractivity contribution in [2.45, 2.75) is 13.8 Å². The maximum Gasteiger partial charge on any atom is 0.0450 e. The summed E-state index contributed by atoms with van der Waals surface area (Å²) in [6.07, 6.45) is 5.73. The number of nitrogens with zero attached hydrogens (tertiary/aromatic N) is 2. The third-order valence-corrected chi connectivity index (χ3v) is 8.80. The molecule has 0 N–H and O–H groups in total. The van der Waals surface area contributed by atoms with Gasteiger partial charge in [-0.1, -0.05) is 115 Å². The molecule has 0 atom stereocenters. The molecule has 208 valence electrons. The Labute approximate surface area is 257 Å². The van der Waals surface area contributed by atoms with Crippen LogP contribution < -0.4 is 0 Å². The van der Waals surface area contributed by atoms with Crippen LogP contribution in [0.1, 0.15) is 11.3 Å². The van der Waals surface area contributed by atoms with Gasteiger partial charge < -0.3 is 0 Å². The van der Waals surface area contributed by atoms with E-state index in [9.17, 15) is 0 Å². The zero-order chi connectivity index (χ0) is 29.6. The fourth-order valence-corrected chi connectivity index (χ4v) is 6.81. The lowest BCUT2D eigenvalue weighted by Gasteiger charge is -2.20. The zero-order valence-corrected chi connectivity index (χ0v) is 24.8. The van der Waals surface area contributed by atoms with E-state index in [2.05, 4.69) is 145 Å². The molecular formula is C42H30N2. The Morgan fingerprint density at radius 2 is 0.955 bits per heavy atom. The van der Waals surface area contributed by atoms with Crippen LogP contribution in [0.5, 0.6) is 0 Å². The standard InChI is InChI=1S/C42H30N2/c1-27-24-31(26-43-25-27)33-21-22-40(35-11-4-3-10-34(33)35)42-38-14-7-5-12-36(38)41(37-13-6-8-15-39(37)42)30-19-17-29(18-20-30)32-16-9-23-44-28(32)2/h3-26H,1-2H3. The molecule has 0 spiro atoms. The Morgan fingerprint density at radius 3 is 1.57 bits per heavy atom. The number of hydrogen-bond acceptors (Lipinski definition) is 2. The van der Waals surface area contributed by atoms with E-state index in [0.29, 0.717) is 0 Å². The van der Waals surface area contributed by atoms with Crippen LogP contribution in [-0.4, -0.2) is 9.97 Å². The molecule has 44 heavy (non-hydrogen) atoms. The van der Waals surface area contributed by atoms with E-state index in [4.69, 9.17) is 0 Å². The van der Waals surface area contributed by atoms with Gasteiger partial charge in [0.05, 0.1) is 0 Å². The van der Waals surface area contributed by atoms with Crippen molar-refractivity contribution in [3.05, 3.63) is 157 Å².